The Hall–Kier alpha value is -2.82. The van der Waals surface area contributed by atoms with E-state index in [2.05, 4.69) is 30.3 Å². The van der Waals surface area contributed by atoms with Gasteiger partial charge in [0.2, 0.25) is 0 Å². The van der Waals surface area contributed by atoms with E-state index in [1.807, 2.05) is 25.1 Å². The fraction of sp³-hybridized carbons (Fsp3) is 0.200. The molecule has 6 heteroatoms. The molecule has 0 radical (unpaired) electrons. The first-order valence-corrected chi connectivity index (χ1v) is 11.0. The van der Waals surface area contributed by atoms with Gasteiger partial charge in [-0.3, -0.25) is 0 Å². The minimum absolute atomic E-state index is 0.300. The Morgan fingerprint density at radius 1 is 1.06 bits per heavy atom. The number of amides is 1. The molecule has 0 aliphatic carbocycles. The third-order valence-corrected chi connectivity index (χ3v) is 6.53. The number of carbonyl (C=O) groups is 1. The quantitative estimate of drug-likeness (QED) is 0.312. The van der Waals surface area contributed by atoms with E-state index in [0.717, 1.165) is 34.1 Å². The predicted octanol–water partition coefficient (Wildman–Crippen LogP) is 6.88. The number of nitrogens with zero attached hydrogens (tertiary/aromatic N) is 2. The molecule has 0 N–H and O–H groups in total. The van der Waals surface area contributed by atoms with Gasteiger partial charge in [0.05, 0.1) is 34.4 Å². The molecular weight excluding hydrogens is 431 g/mol. The second kappa shape index (κ2) is 8.03. The average Bonchev–Trinajstić information content (AvgIpc) is 2.79. The molecule has 0 saturated carbocycles. The molecule has 3 aromatic carbocycles. The summed E-state index contributed by atoms with van der Waals surface area (Å²) in [4.78, 5) is 19.3. The van der Waals surface area contributed by atoms with Crippen LogP contribution in [-0.4, -0.2) is 29.1 Å². The summed E-state index contributed by atoms with van der Waals surface area (Å²) in [5.41, 5.74) is 4.89. The number of halogens is 2. The molecule has 0 saturated heterocycles. The first-order valence-electron chi connectivity index (χ1n) is 10.3. The van der Waals surface area contributed by atoms with E-state index in [1.54, 1.807) is 11.0 Å². The maximum absolute atomic E-state index is 12.5. The van der Waals surface area contributed by atoms with Crippen molar-refractivity contribution in [3.63, 3.8) is 0 Å². The molecule has 0 unspecified atom stereocenters. The molecule has 0 spiro atoms. The van der Waals surface area contributed by atoms with Gasteiger partial charge in [0, 0.05) is 23.1 Å². The highest BCUT2D eigenvalue weighted by molar-refractivity contribution is 6.42. The van der Waals surface area contributed by atoms with E-state index >= 15 is 0 Å². The predicted molar refractivity (Wildman–Crippen MR) is 126 cm³/mol. The van der Waals surface area contributed by atoms with Crippen molar-refractivity contribution in [1.82, 2.24) is 9.88 Å². The van der Waals surface area contributed by atoms with Crippen molar-refractivity contribution in [1.29, 1.82) is 0 Å². The van der Waals surface area contributed by atoms with Crippen LogP contribution in [-0.2, 0) is 17.7 Å². The normalized spacial score (nSPS) is 13.5. The van der Waals surface area contributed by atoms with Crippen molar-refractivity contribution < 1.29 is 9.53 Å². The van der Waals surface area contributed by atoms with Crippen LogP contribution in [0.1, 0.15) is 18.1 Å². The lowest BCUT2D eigenvalue weighted by Crippen LogP contribution is -2.37. The third-order valence-electron chi connectivity index (χ3n) is 5.79. The highest BCUT2D eigenvalue weighted by Gasteiger charge is 2.27. The monoisotopic (exact) mass is 450 g/mol. The Morgan fingerprint density at radius 2 is 1.90 bits per heavy atom. The summed E-state index contributed by atoms with van der Waals surface area (Å²) >= 11 is 12.5. The van der Waals surface area contributed by atoms with Gasteiger partial charge in [0.15, 0.2) is 0 Å². The maximum atomic E-state index is 12.5. The van der Waals surface area contributed by atoms with Crippen LogP contribution in [0.4, 0.5) is 4.79 Å². The number of benzene rings is 3. The van der Waals surface area contributed by atoms with E-state index in [4.69, 9.17) is 32.9 Å². The molecule has 0 atom stereocenters. The molecule has 31 heavy (non-hydrogen) atoms. The SMILES string of the molecule is CCOC(=O)N1CCc2c(c(-c3ccc(Cl)c(Cl)c3)nc3ccc4ccccc4c23)C1. The van der Waals surface area contributed by atoms with E-state index in [1.165, 1.54) is 16.3 Å². The second-order valence-electron chi connectivity index (χ2n) is 7.60. The smallest absolute Gasteiger partial charge is 0.410 e. The second-order valence-corrected chi connectivity index (χ2v) is 8.41. The van der Waals surface area contributed by atoms with Gasteiger partial charge in [-0.2, -0.15) is 0 Å². The van der Waals surface area contributed by atoms with Crippen molar-refractivity contribution >= 4 is 51.0 Å². The summed E-state index contributed by atoms with van der Waals surface area (Å²) in [6.07, 6.45) is 0.432. The topological polar surface area (TPSA) is 42.4 Å². The summed E-state index contributed by atoms with van der Waals surface area (Å²) in [6, 6.07) is 18.0. The number of carbonyl (C=O) groups excluding carboxylic acids is 1. The maximum Gasteiger partial charge on any atom is 0.410 e. The zero-order valence-corrected chi connectivity index (χ0v) is 18.5. The van der Waals surface area contributed by atoms with Crippen LogP contribution < -0.4 is 0 Å². The number of pyridine rings is 1. The summed E-state index contributed by atoms with van der Waals surface area (Å²) in [6.45, 7) is 3.21. The first-order chi connectivity index (χ1) is 15.1. The van der Waals surface area contributed by atoms with Gasteiger partial charge in [-0.15, -0.1) is 0 Å². The Balaban J connectivity index is 1.78. The Morgan fingerprint density at radius 3 is 2.71 bits per heavy atom. The van der Waals surface area contributed by atoms with Crippen LogP contribution in [0, 0.1) is 0 Å². The molecule has 4 nitrogen and oxygen atoms in total. The summed E-state index contributed by atoms with van der Waals surface area (Å²) in [7, 11) is 0. The van der Waals surface area contributed by atoms with Crippen LogP contribution >= 0.6 is 23.2 Å². The van der Waals surface area contributed by atoms with Crippen molar-refractivity contribution in [3.8, 4) is 11.3 Å². The van der Waals surface area contributed by atoms with E-state index in [-0.39, 0.29) is 6.09 Å². The molecule has 0 bridgehead atoms. The van der Waals surface area contributed by atoms with Gasteiger partial charge in [-0.25, -0.2) is 9.78 Å². The van der Waals surface area contributed by atoms with Crippen LogP contribution in [0.5, 0.6) is 0 Å². The van der Waals surface area contributed by atoms with Crippen LogP contribution in [0.3, 0.4) is 0 Å². The van der Waals surface area contributed by atoms with Crippen LogP contribution in [0.15, 0.2) is 54.6 Å². The molecule has 4 aromatic rings. The minimum Gasteiger partial charge on any atom is -0.450 e. The molecule has 1 aliphatic rings. The minimum atomic E-state index is -0.300. The highest BCUT2D eigenvalue weighted by Crippen LogP contribution is 2.38. The van der Waals surface area contributed by atoms with Crippen molar-refractivity contribution in [2.45, 2.75) is 19.9 Å². The van der Waals surface area contributed by atoms with Gasteiger partial charge < -0.3 is 9.64 Å². The molecule has 1 aromatic heterocycles. The standard InChI is InChI=1S/C25H20Cl2N2O2/c1-2-31-25(30)29-12-11-18-19(14-29)24(16-7-9-20(26)21(27)13-16)28-22-10-8-15-5-3-4-6-17(15)23(18)22/h3-10,13H,2,11-12,14H2,1H3. The number of fused-ring (bicyclic) bond motifs is 5. The first kappa shape index (κ1) is 20.1. The number of hydrogen-bond donors (Lipinski definition) is 0. The molecule has 0 fully saturated rings. The van der Waals surface area contributed by atoms with Gasteiger partial charge in [-0.05, 0) is 47.9 Å². The van der Waals surface area contributed by atoms with E-state index in [0.29, 0.717) is 29.7 Å². The van der Waals surface area contributed by atoms with E-state index in [9.17, 15) is 4.79 Å². The third kappa shape index (κ3) is 3.50. The van der Waals surface area contributed by atoms with Crippen molar-refractivity contribution in [2.75, 3.05) is 13.2 Å². The molecule has 156 valence electrons. The van der Waals surface area contributed by atoms with Gasteiger partial charge >= 0.3 is 6.09 Å². The van der Waals surface area contributed by atoms with Gasteiger partial charge in [-0.1, -0.05) is 59.6 Å². The Kier molecular flexibility index (Phi) is 5.20. The number of hydrogen-bond acceptors (Lipinski definition) is 3. The molecule has 1 amide bonds. The summed E-state index contributed by atoms with van der Waals surface area (Å²) in [5.74, 6) is 0. The largest absolute Gasteiger partial charge is 0.450 e. The Bertz CT molecular complexity index is 1340. The summed E-state index contributed by atoms with van der Waals surface area (Å²) < 4.78 is 5.26. The lowest BCUT2D eigenvalue weighted by molar-refractivity contribution is 0.103. The molecule has 2 heterocycles. The van der Waals surface area contributed by atoms with Crippen LogP contribution in [0.25, 0.3) is 32.9 Å². The lowest BCUT2D eigenvalue weighted by atomic mass is 9.89. The number of aromatic nitrogens is 1. The lowest BCUT2D eigenvalue weighted by Gasteiger charge is -2.30. The average molecular weight is 451 g/mol. The fourth-order valence-corrected chi connectivity index (χ4v) is 4.67. The number of rotatable bonds is 2. The van der Waals surface area contributed by atoms with Gasteiger partial charge in [0.1, 0.15) is 0 Å². The fourth-order valence-electron chi connectivity index (χ4n) is 4.37. The van der Waals surface area contributed by atoms with E-state index < -0.39 is 0 Å². The van der Waals surface area contributed by atoms with Gasteiger partial charge in [0.25, 0.3) is 0 Å². The molecule has 1 aliphatic heterocycles. The zero-order chi connectivity index (χ0) is 21.5. The van der Waals surface area contributed by atoms with Crippen molar-refractivity contribution in [2.24, 2.45) is 0 Å². The highest BCUT2D eigenvalue weighted by atomic mass is 35.5. The summed E-state index contributed by atoms with van der Waals surface area (Å²) in [5, 5.41) is 4.48. The van der Waals surface area contributed by atoms with Crippen LogP contribution in [0.2, 0.25) is 10.0 Å². The number of ether oxygens (including phenoxy) is 1. The Labute approximate surface area is 190 Å². The zero-order valence-electron chi connectivity index (χ0n) is 17.0. The molecular formula is C25H20Cl2N2O2. The van der Waals surface area contributed by atoms with Crippen molar-refractivity contribution in [3.05, 3.63) is 75.8 Å². The molecule has 5 rings (SSSR count).